The molecular weight excluding hydrogens is 336 g/mol. The first-order chi connectivity index (χ1) is 11.2. The highest BCUT2D eigenvalue weighted by Gasteiger charge is 2.31. The molecule has 0 aromatic heterocycles. The van der Waals surface area contributed by atoms with E-state index in [4.69, 9.17) is 16.3 Å². The van der Waals surface area contributed by atoms with Crippen LogP contribution in [-0.4, -0.2) is 11.5 Å². The molecule has 2 aromatic carbocycles. The summed E-state index contributed by atoms with van der Waals surface area (Å²) < 4.78 is 32.0. The minimum Gasteiger partial charge on any atom is -0.478 e. The largest absolute Gasteiger partial charge is 0.478 e. The molecule has 3 nitrogen and oxygen atoms in total. The lowest BCUT2D eigenvalue weighted by Gasteiger charge is -2.27. The van der Waals surface area contributed by atoms with Crippen LogP contribution in [0.2, 0.25) is 5.02 Å². The Labute approximate surface area is 144 Å². The first kappa shape index (κ1) is 18.2. The van der Waals surface area contributed by atoms with Crippen LogP contribution in [0.15, 0.2) is 42.5 Å². The number of carbonyl (C=O) groups excluding carboxylic acids is 1. The lowest BCUT2D eigenvalue weighted by molar-refractivity contribution is -0.134. The van der Waals surface area contributed by atoms with E-state index in [2.05, 4.69) is 5.32 Å². The summed E-state index contributed by atoms with van der Waals surface area (Å²) in [7, 11) is 0. The first-order valence-corrected chi connectivity index (χ1v) is 7.77. The van der Waals surface area contributed by atoms with Gasteiger partial charge in [-0.15, -0.1) is 0 Å². The topological polar surface area (TPSA) is 38.3 Å². The number of benzene rings is 2. The van der Waals surface area contributed by atoms with E-state index in [0.717, 1.165) is 12.1 Å². The molecule has 2 rings (SSSR count). The Hall–Kier alpha value is -2.14. The van der Waals surface area contributed by atoms with Crippen LogP contribution in [0.5, 0.6) is 5.75 Å². The second-order valence-corrected chi connectivity index (χ2v) is 6.37. The summed E-state index contributed by atoms with van der Waals surface area (Å²) >= 11 is 5.81. The van der Waals surface area contributed by atoms with Crippen LogP contribution in [0.4, 0.5) is 8.78 Å². The van der Waals surface area contributed by atoms with Gasteiger partial charge < -0.3 is 10.1 Å². The maximum Gasteiger partial charge on any atom is 0.264 e. The number of rotatable bonds is 5. The maximum absolute atomic E-state index is 13.3. The molecule has 0 spiro atoms. The number of amides is 1. The molecule has 0 unspecified atom stereocenters. The van der Waals surface area contributed by atoms with Crippen LogP contribution in [0.1, 0.15) is 32.4 Å². The number of hydrogen-bond donors (Lipinski definition) is 1. The minimum absolute atomic E-state index is 0.380. The Bertz CT molecular complexity index is 732. The van der Waals surface area contributed by atoms with Crippen molar-refractivity contribution in [1.29, 1.82) is 0 Å². The highest BCUT2D eigenvalue weighted by molar-refractivity contribution is 6.30. The fourth-order valence-corrected chi connectivity index (χ4v) is 2.21. The second-order valence-electron chi connectivity index (χ2n) is 5.93. The van der Waals surface area contributed by atoms with Gasteiger partial charge in [0.25, 0.3) is 5.91 Å². The van der Waals surface area contributed by atoms with Crippen LogP contribution in [0, 0.1) is 11.6 Å². The van der Waals surface area contributed by atoms with Crippen molar-refractivity contribution in [2.45, 2.75) is 32.4 Å². The smallest absolute Gasteiger partial charge is 0.264 e. The first-order valence-electron chi connectivity index (χ1n) is 7.39. The lowest BCUT2D eigenvalue weighted by Crippen LogP contribution is -2.47. The molecule has 0 saturated heterocycles. The number of ether oxygens (including phenoxy) is 1. The van der Waals surface area contributed by atoms with E-state index in [9.17, 15) is 13.6 Å². The Morgan fingerprint density at radius 1 is 1.12 bits per heavy atom. The van der Waals surface area contributed by atoms with Gasteiger partial charge in [-0.1, -0.05) is 17.7 Å². The van der Waals surface area contributed by atoms with E-state index < -0.39 is 23.3 Å². The van der Waals surface area contributed by atoms with Crippen molar-refractivity contribution in [3.05, 3.63) is 64.7 Å². The van der Waals surface area contributed by atoms with Crippen LogP contribution in [0.25, 0.3) is 0 Å². The Kier molecular flexibility index (Phi) is 5.44. The van der Waals surface area contributed by atoms with Crippen molar-refractivity contribution in [3.63, 3.8) is 0 Å². The number of halogens is 3. The summed E-state index contributed by atoms with van der Waals surface area (Å²) in [6.45, 7) is 4.92. The van der Waals surface area contributed by atoms with Crippen molar-refractivity contribution in [2.24, 2.45) is 0 Å². The van der Waals surface area contributed by atoms with Gasteiger partial charge in [0, 0.05) is 5.02 Å². The third kappa shape index (κ3) is 4.45. The zero-order valence-electron chi connectivity index (χ0n) is 13.6. The lowest BCUT2D eigenvalue weighted by atomic mass is 10.0. The summed E-state index contributed by atoms with van der Waals surface area (Å²) in [4.78, 5) is 12.4. The van der Waals surface area contributed by atoms with Gasteiger partial charge >= 0.3 is 0 Å². The molecule has 0 aliphatic heterocycles. The van der Waals surface area contributed by atoms with Crippen LogP contribution in [-0.2, 0) is 4.79 Å². The van der Waals surface area contributed by atoms with Crippen LogP contribution in [0.3, 0.4) is 0 Å². The molecule has 24 heavy (non-hydrogen) atoms. The van der Waals surface area contributed by atoms with Gasteiger partial charge in [0.05, 0.1) is 6.04 Å². The molecular formula is C18H18ClF2NO2. The zero-order valence-corrected chi connectivity index (χ0v) is 14.3. The molecule has 0 fully saturated rings. The van der Waals surface area contributed by atoms with Crippen molar-refractivity contribution < 1.29 is 18.3 Å². The summed E-state index contributed by atoms with van der Waals surface area (Å²) in [5.74, 6) is -1.76. The summed E-state index contributed by atoms with van der Waals surface area (Å²) in [5, 5.41) is 3.30. The molecule has 0 aliphatic carbocycles. The molecule has 1 atom stereocenters. The Morgan fingerprint density at radius 3 is 2.33 bits per heavy atom. The van der Waals surface area contributed by atoms with E-state index in [0.29, 0.717) is 16.3 Å². The monoisotopic (exact) mass is 353 g/mol. The van der Waals surface area contributed by atoms with Gasteiger partial charge in [-0.3, -0.25) is 4.79 Å². The van der Waals surface area contributed by atoms with Gasteiger partial charge in [-0.25, -0.2) is 8.78 Å². The average Bonchev–Trinajstić information content (AvgIpc) is 2.52. The fraction of sp³-hybridized carbons (Fsp3) is 0.278. The SMILES string of the molecule is C[C@@H](NC(=O)C(C)(C)Oc1ccc(Cl)cc1)c1ccc(F)c(F)c1. The van der Waals surface area contributed by atoms with Crippen molar-refractivity contribution >= 4 is 17.5 Å². The molecule has 0 bridgehead atoms. The van der Waals surface area contributed by atoms with Crippen molar-refractivity contribution in [2.75, 3.05) is 0 Å². The molecule has 128 valence electrons. The van der Waals surface area contributed by atoms with Gasteiger partial charge in [0.15, 0.2) is 17.2 Å². The Balaban J connectivity index is 2.06. The average molecular weight is 354 g/mol. The molecule has 1 N–H and O–H groups in total. The number of carbonyl (C=O) groups is 1. The summed E-state index contributed by atoms with van der Waals surface area (Å²) in [6.07, 6.45) is 0. The quantitative estimate of drug-likeness (QED) is 0.849. The molecule has 0 saturated carbocycles. The predicted molar refractivity (Wildman–Crippen MR) is 89.1 cm³/mol. The molecule has 0 radical (unpaired) electrons. The number of hydrogen-bond acceptors (Lipinski definition) is 2. The second kappa shape index (κ2) is 7.18. The third-order valence-electron chi connectivity index (χ3n) is 3.52. The van der Waals surface area contributed by atoms with E-state index in [-0.39, 0.29) is 5.91 Å². The predicted octanol–water partition coefficient (Wildman–Crippen LogP) is 4.65. The normalized spacial score (nSPS) is 12.6. The van der Waals surface area contributed by atoms with Crippen molar-refractivity contribution in [3.8, 4) is 5.75 Å². The van der Waals surface area contributed by atoms with Crippen LogP contribution < -0.4 is 10.1 Å². The Morgan fingerprint density at radius 2 is 1.75 bits per heavy atom. The fourth-order valence-electron chi connectivity index (χ4n) is 2.08. The van der Waals surface area contributed by atoms with E-state index in [1.165, 1.54) is 6.07 Å². The highest BCUT2D eigenvalue weighted by atomic mass is 35.5. The molecule has 1 amide bonds. The number of nitrogens with one attached hydrogen (secondary N) is 1. The van der Waals surface area contributed by atoms with E-state index in [1.807, 2.05) is 0 Å². The zero-order chi connectivity index (χ0) is 17.9. The highest BCUT2D eigenvalue weighted by Crippen LogP contribution is 2.22. The minimum atomic E-state index is -1.15. The van der Waals surface area contributed by atoms with Gasteiger partial charge in [0.1, 0.15) is 5.75 Å². The standard InChI is InChI=1S/C18H18ClF2NO2/c1-11(12-4-9-15(20)16(21)10-12)22-17(23)18(2,3)24-14-7-5-13(19)6-8-14/h4-11H,1-3H3,(H,22,23)/t11-/m1/s1. The van der Waals surface area contributed by atoms with Gasteiger partial charge in [-0.05, 0) is 62.7 Å². The molecule has 0 heterocycles. The van der Waals surface area contributed by atoms with Gasteiger partial charge in [-0.2, -0.15) is 0 Å². The van der Waals surface area contributed by atoms with E-state index in [1.54, 1.807) is 45.0 Å². The molecule has 6 heteroatoms. The van der Waals surface area contributed by atoms with Crippen LogP contribution >= 0.6 is 11.6 Å². The summed E-state index contributed by atoms with van der Waals surface area (Å²) in [5.41, 5.74) is -0.690. The molecule has 0 aliphatic rings. The van der Waals surface area contributed by atoms with Gasteiger partial charge in [0.2, 0.25) is 0 Å². The summed E-state index contributed by atoms with van der Waals surface area (Å²) in [6, 6.07) is 9.67. The maximum atomic E-state index is 13.3. The molecule has 2 aromatic rings. The third-order valence-corrected chi connectivity index (χ3v) is 3.78. The van der Waals surface area contributed by atoms with Crippen molar-refractivity contribution in [1.82, 2.24) is 5.32 Å². The van der Waals surface area contributed by atoms with E-state index >= 15 is 0 Å².